The smallest absolute Gasteiger partial charge is 0.416 e. The van der Waals surface area contributed by atoms with Gasteiger partial charge in [-0.2, -0.15) is 13.2 Å². The maximum atomic E-state index is 13.2. The summed E-state index contributed by atoms with van der Waals surface area (Å²) in [5.41, 5.74) is -0.670. The van der Waals surface area contributed by atoms with Gasteiger partial charge in [0.2, 0.25) is 0 Å². The molecule has 1 aliphatic carbocycles. The third-order valence-corrected chi connectivity index (χ3v) is 5.49. The lowest BCUT2D eigenvalue weighted by Crippen LogP contribution is -2.32. The fourth-order valence-electron chi connectivity index (χ4n) is 3.61. The third-order valence-electron chi connectivity index (χ3n) is 5.49. The van der Waals surface area contributed by atoms with Gasteiger partial charge in [0.25, 0.3) is 5.91 Å². The lowest BCUT2D eigenvalue weighted by Gasteiger charge is -2.10. The molecule has 1 N–H and O–H groups in total. The molecule has 1 fully saturated rings. The molecule has 11 heteroatoms. The van der Waals surface area contributed by atoms with Gasteiger partial charge >= 0.3 is 11.9 Å². The van der Waals surface area contributed by atoms with Crippen molar-refractivity contribution in [3.05, 3.63) is 64.1 Å². The van der Waals surface area contributed by atoms with E-state index in [1.54, 1.807) is 12.1 Å². The Morgan fingerprint density at radius 2 is 1.85 bits per heavy atom. The highest BCUT2D eigenvalue weighted by molar-refractivity contribution is 5.94. The molecule has 8 nitrogen and oxygen atoms in total. The maximum Gasteiger partial charge on any atom is 0.416 e. The van der Waals surface area contributed by atoms with Gasteiger partial charge in [-0.25, -0.2) is 9.48 Å². The monoisotopic (exact) mass is 476 g/mol. The number of nitrogens with zero attached hydrogens (tertiary/aromatic N) is 3. The molecule has 0 bridgehead atoms. The predicted octanol–water partition coefficient (Wildman–Crippen LogP) is 3.51. The maximum absolute atomic E-state index is 13.2. The van der Waals surface area contributed by atoms with Gasteiger partial charge in [0.1, 0.15) is 0 Å². The molecule has 34 heavy (non-hydrogen) atoms. The van der Waals surface area contributed by atoms with E-state index < -0.39 is 17.4 Å². The number of rotatable bonds is 8. The van der Waals surface area contributed by atoms with Gasteiger partial charge in [-0.1, -0.05) is 12.1 Å². The number of amides is 1. The van der Waals surface area contributed by atoms with Gasteiger partial charge in [-0.15, -0.1) is 5.10 Å². The summed E-state index contributed by atoms with van der Waals surface area (Å²) in [4.78, 5) is 25.4. The minimum Gasteiger partial charge on any atom is -0.493 e. The number of halogens is 3. The van der Waals surface area contributed by atoms with Crippen LogP contribution in [0.1, 0.15) is 34.8 Å². The highest BCUT2D eigenvalue weighted by Crippen LogP contribution is 2.37. The molecule has 1 aromatic heterocycles. The van der Waals surface area contributed by atoms with Crippen molar-refractivity contribution in [3.63, 3.8) is 0 Å². The Morgan fingerprint density at radius 3 is 2.50 bits per heavy atom. The van der Waals surface area contributed by atoms with Crippen LogP contribution in [0.2, 0.25) is 0 Å². The van der Waals surface area contributed by atoms with Gasteiger partial charge in [0.05, 0.1) is 26.3 Å². The first-order valence-corrected chi connectivity index (χ1v) is 10.6. The van der Waals surface area contributed by atoms with Crippen LogP contribution in [0.4, 0.5) is 13.2 Å². The number of alkyl halides is 3. The first-order chi connectivity index (χ1) is 16.2. The fourth-order valence-corrected chi connectivity index (χ4v) is 3.61. The zero-order valence-corrected chi connectivity index (χ0v) is 18.6. The molecule has 1 amide bonds. The van der Waals surface area contributed by atoms with Gasteiger partial charge in [-0.05, 0) is 43.2 Å². The normalized spacial score (nSPS) is 13.6. The number of carbonyl (C=O) groups is 1. The Hall–Kier alpha value is -3.76. The number of aromatic nitrogens is 3. The SMILES string of the molecule is COc1ccc(C(=O)NCCn2nc(-c3cccc(C(F)(F)F)c3)n(C3CC3)c2=O)cc1OC. The average molecular weight is 476 g/mol. The van der Waals surface area contributed by atoms with Gasteiger partial charge in [-0.3, -0.25) is 9.36 Å². The lowest BCUT2D eigenvalue weighted by molar-refractivity contribution is -0.137. The number of nitrogens with one attached hydrogen (secondary N) is 1. The Morgan fingerprint density at radius 1 is 1.12 bits per heavy atom. The average Bonchev–Trinajstić information content (AvgIpc) is 3.61. The van der Waals surface area contributed by atoms with Crippen LogP contribution in [-0.2, 0) is 12.7 Å². The van der Waals surface area contributed by atoms with Crippen molar-refractivity contribution in [3.8, 4) is 22.9 Å². The van der Waals surface area contributed by atoms with E-state index in [2.05, 4.69) is 10.4 Å². The standard InChI is InChI=1S/C23H23F3N4O4/c1-33-18-9-6-15(13-19(18)34-2)21(31)27-10-11-29-22(32)30(17-7-8-17)20(28-29)14-4-3-5-16(12-14)23(24,25)26/h3-6,9,12-13,17H,7-8,10-11H2,1-2H3,(H,27,31). The van der Waals surface area contributed by atoms with Crippen LogP contribution in [-0.4, -0.2) is 41.0 Å². The van der Waals surface area contributed by atoms with Crippen molar-refractivity contribution in [2.24, 2.45) is 0 Å². The number of methoxy groups -OCH3 is 2. The molecule has 180 valence electrons. The third kappa shape index (κ3) is 4.78. The summed E-state index contributed by atoms with van der Waals surface area (Å²) in [6.07, 6.45) is -2.99. The summed E-state index contributed by atoms with van der Waals surface area (Å²) in [6.45, 7) is 0.153. The van der Waals surface area contributed by atoms with Crippen LogP contribution in [0.5, 0.6) is 11.5 Å². The molecule has 0 unspecified atom stereocenters. The minimum absolute atomic E-state index is 0.0591. The number of ether oxygens (including phenoxy) is 2. The molecule has 0 spiro atoms. The van der Waals surface area contributed by atoms with Crippen LogP contribution in [0.15, 0.2) is 47.3 Å². The second-order valence-corrected chi connectivity index (χ2v) is 7.83. The van der Waals surface area contributed by atoms with Crippen LogP contribution in [0.25, 0.3) is 11.4 Å². The van der Waals surface area contributed by atoms with Gasteiger partial charge < -0.3 is 14.8 Å². The largest absolute Gasteiger partial charge is 0.493 e. The zero-order valence-electron chi connectivity index (χ0n) is 18.6. The lowest BCUT2D eigenvalue weighted by atomic mass is 10.1. The van der Waals surface area contributed by atoms with E-state index in [4.69, 9.17) is 9.47 Å². The highest BCUT2D eigenvalue weighted by Gasteiger charge is 2.33. The molecule has 0 radical (unpaired) electrons. The van der Waals surface area contributed by atoms with E-state index in [9.17, 15) is 22.8 Å². The molecule has 0 saturated heterocycles. The van der Waals surface area contributed by atoms with Crippen molar-refractivity contribution < 1.29 is 27.4 Å². The first kappa shape index (κ1) is 23.4. The quantitative estimate of drug-likeness (QED) is 0.538. The summed E-state index contributed by atoms with van der Waals surface area (Å²) in [6, 6.07) is 9.39. The summed E-state index contributed by atoms with van der Waals surface area (Å²) < 4.78 is 52.4. The Labute approximate surface area is 192 Å². The van der Waals surface area contributed by atoms with Crippen molar-refractivity contribution in [2.45, 2.75) is 31.6 Å². The molecule has 1 saturated carbocycles. The van der Waals surface area contributed by atoms with Crippen molar-refractivity contribution in [1.29, 1.82) is 0 Å². The van der Waals surface area contributed by atoms with Crippen LogP contribution >= 0.6 is 0 Å². The predicted molar refractivity (Wildman–Crippen MR) is 117 cm³/mol. The van der Waals surface area contributed by atoms with Gasteiger partial charge in [0, 0.05) is 23.7 Å². The second-order valence-electron chi connectivity index (χ2n) is 7.83. The van der Waals surface area contributed by atoms with Crippen molar-refractivity contribution in [2.75, 3.05) is 20.8 Å². The molecule has 1 heterocycles. The zero-order chi connectivity index (χ0) is 24.5. The molecule has 1 aliphatic rings. The first-order valence-electron chi connectivity index (χ1n) is 10.6. The number of hydrogen-bond acceptors (Lipinski definition) is 5. The number of carbonyl (C=O) groups excluding carboxylic acids is 1. The molecule has 4 rings (SSSR count). The van der Waals surface area contributed by atoms with Gasteiger partial charge in [0.15, 0.2) is 17.3 Å². The topological polar surface area (TPSA) is 87.4 Å². The van der Waals surface area contributed by atoms with Crippen molar-refractivity contribution >= 4 is 5.91 Å². The number of hydrogen-bond donors (Lipinski definition) is 1. The second kappa shape index (κ2) is 9.24. The number of benzene rings is 2. The van der Waals surface area contributed by atoms with E-state index in [1.165, 1.54) is 41.7 Å². The van der Waals surface area contributed by atoms with E-state index in [-0.39, 0.29) is 36.4 Å². The summed E-state index contributed by atoms with van der Waals surface area (Å²) in [5.74, 6) is 0.692. The van der Waals surface area contributed by atoms with Crippen LogP contribution in [0.3, 0.4) is 0 Å². The molecular weight excluding hydrogens is 453 g/mol. The molecule has 0 aliphatic heterocycles. The molecule has 0 atom stereocenters. The van der Waals surface area contributed by atoms with Crippen molar-refractivity contribution in [1.82, 2.24) is 19.7 Å². The minimum atomic E-state index is -4.50. The molecule has 3 aromatic rings. The molecule has 2 aromatic carbocycles. The molecular formula is C23H23F3N4O4. The van der Waals surface area contributed by atoms with E-state index in [0.29, 0.717) is 17.1 Å². The van der Waals surface area contributed by atoms with E-state index >= 15 is 0 Å². The van der Waals surface area contributed by atoms with E-state index in [0.717, 1.165) is 25.0 Å². The Bertz CT molecular complexity index is 1260. The fraction of sp³-hybridized carbons (Fsp3) is 0.348. The summed E-state index contributed by atoms with van der Waals surface area (Å²) in [5, 5.41) is 7.01. The Balaban J connectivity index is 1.52. The van der Waals surface area contributed by atoms with Crippen LogP contribution < -0.4 is 20.5 Å². The van der Waals surface area contributed by atoms with Crippen LogP contribution in [0, 0.1) is 0 Å². The summed E-state index contributed by atoms with van der Waals surface area (Å²) >= 11 is 0. The highest BCUT2D eigenvalue weighted by atomic mass is 19.4. The Kier molecular flexibility index (Phi) is 6.36. The van der Waals surface area contributed by atoms with E-state index in [1.807, 2.05) is 0 Å². The summed E-state index contributed by atoms with van der Waals surface area (Å²) in [7, 11) is 2.95.